The van der Waals surface area contributed by atoms with Crippen LogP contribution in [0.3, 0.4) is 0 Å². The van der Waals surface area contributed by atoms with Crippen molar-refractivity contribution in [2.45, 2.75) is 120 Å². The Bertz CT molecular complexity index is 3380. The molecule has 0 radical (unpaired) electrons. The molecule has 3 aromatic heterocycles. The smallest absolute Gasteiger partial charge is 0.246 e. The molecule has 0 saturated heterocycles. The third-order valence-corrected chi connectivity index (χ3v) is 16.2. The Labute approximate surface area is 525 Å². The number of amides is 6. The van der Waals surface area contributed by atoms with Crippen LogP contribution in [0.4, 0.5) is 17.1 Å². The fourth-order valence-electron chi connectivity index (χ4n) is 11.4. The van der Waals surface area contributed by atoms with Gasteiger partial charge in [0.25, 0.3) is 0 Å². The Morgan fingerprint density at radius 1 is 0.360 bits per heavy atom. The number of hydrogen-bond donors (Lipinski definition) is 12. The van der Waals surface area contributed by atoms with E-state index in [1.807, 2.05) is 164 Å². The van der Waals surface area contributed by atoms with Crippen LogP contribution in [0.2, 0.25) is 0 Å². The summed E-state index contributed by atoms with van der Waals surface area (Å²) >= 11 is 0. The molecular weight excluding hydrogens is 1140 g/mol. The van der Waals surface area contributed by atoms with Crippen LogP contribution in [-0.2, 0) is 48.0 Å². The number of para-hydroxylation sites is 3. The van der Waals surface area contributed by atoms with Crippen molar-refractivity contribution >= 4 is 97.6 Å². The van der Waals surface area contributed by atoms with Crippen LogP contribution in [-0.4, -0.2) is 88.2 Å². The topological polar surface area (TPSA) is 300 Å². The average molecular weight is 1220 g/mol. The SMILES string of the molecule is Cl.NCCCC[C@H](NC(=O)CCc1c[nH]c2ccccc12)C(=O)Nc1ccc(C(c2ccc(NC(=O)[C@H](CCCCN)NC(=O)CCc3c[nH]c4ccccc34)cc2)c2ccc(NC(=O)[C@H](CCCCN)NC(=O)CCc3c[nH]c4ccccc34)cc2)cc1. The normalized spacial score (nSPS) is 12.3. The molecule has 18 nitrogen and oxygen atoms in total. The third-order valence-electron chi connectivity index (χ3n) is 16.2. The highest BCUT2D eigenvalue weighted by Crippen LogP contribution is 2.35. The van der Waals surface area contributed by atoms with Gasteiger partial charge in [-0.15, -0.1) is 12.4 Å². The first kappa shape index (κ1) is 65.9. The van der Waals surface area contributed by atoms with E-state index in [4.69, 9.17) is 17.2 Å². The minimum atomic E-state index is -0.783. The number of anilines is 3. The molecular formula is C70H83ClN12O6. The highest BCUT2D eigenvalue weighted by atomic mass is 35.5. The van der Waals surface area contributed by atoms with E-state index in [2.05, 4.69) is 46.9 Å². The Kier molecular flexibility index (Phi) is 24.7. The summed E-state index contributed by atoms with van der Waals surface area (Å²) in [5.41, 5.74) is 27.8. The van der Waals surface area contributed by atoms with Crippen molar-refractivity contribution in [1.82, 2.24) is 30.9 Å². The van der Waals surface area contributed by atoms with Gasteiger partial charge in [-0.3, -0.25) is 28.8 Å². The molecule has 0 aliphatic carbocycles. The fourth-order valence-corrected chi connectivity index (χ4v) is 11.4. The molecule has 0 spiro atoms. The number of H-pyrrole nitrogens is 3. The van der Waals surface area contributed by atoms with Crippen LogP contribution in [0.5, 0.6) is 0 Å². The number of halogens is 1. The van der Waals surface area contributed by atoms with Crippen LogP contribution in [0.25, 0.3) is 32.7 Å². The fraction of sp³-hybridized carbons (Fsp3) is 0.314. The zero-order valence-electron chi connectivity index (χ0n) is 50.2. The van der Waals surface area contributed by atoms with E-state index in [0.717, 1.165) is 66.1 Å². The van der Waals surface area contributed by atoms with Gasteiger partial charge in [0.2, 0.25) is 35.4 Å². The Hall–Kier alpha value is -9.07. The molecule has 466 valence electrons. The molecule has 9 aromatic rings. The predicted molar refractivity (Wildman–Crippen MR) is 358 cm³/mol. The largest absolute Gasteiger partial charge is 0.361 e. The zero-order valence-corrected chi connectivity index (χ0v) is 51.0. The quantitative estimate of drug-likeness (QED) is 0.0137. The number of hydrogen-bond acceptors (Lipinski definition) is 9. The van der Waals surface area contributed by atoms with Gasteiger partial charge in [-0.25, -0.2) is 0 Å². The highest BCUT2D eigenvalue weighted by Gasteiger charge is 2.26. The molecule has 3 heterocycles. The molecule has 0 saturated carbocycles. The first-order chi connectivity index (χ1) is 43.0. The number of benzene rings is 6. The molecule has 6 aromatic carbocycles. The molecule has 89 heavy (non-hydrogen) atoms. The highest BCUT2D eigenvalue weighted by molar-refractivity contribution is 5.99. The van der Waals surface area contributed by atoms with Crippen molar-refractivity contribution < 1.29 is 28.8 Å². The molecule has 0 aliphatic rings. The number of aromatic nitrogens is 3. The zero-order chi connectivity index (χ0) is 61.6. The van der Waals surface area contributed by atoms with Gasteiger partial charge < -0.3 is 64.1 Å². The summed E-state index contributed by atoms with van der Waals surface area (Å²) in [6.07, 6.45) is 13.3. The number of aromatic amines is 3. The van der Waals surface area contributed by atoms with Gasteiger partial charge in [-0.05, 0) is 185 Å². The predicted octanol–water partition coefficient (Wildman–Crippen LogP) is 10.3. The molecule has 0 fully saturated rings. The summed E-state index contributed by atoms with van der Waals surface area (Å²) in [5.74, 6) is -2.06. The second kappa shape index (κ2) is 33.3. The Morgan fingerprint density at radius 2 is 0.629 bits per heavy atom. The van der Waals surface area contributed by atoms with E-state index in [0.29, 0.717) is 114 Å². The van der Waals surface area contributed by atoms with Crippen molar-refractivity contribution in [2.75, 3.05) is 35.6 Å². The van der Waals surface area contributed by atoms with Gasteiger partial charge >= 0.3 is 0 Å². The second-order valence-electron chi connectivity index (χ2n) is 22.6. The molecule has 9 rings (SSSR count). The maximum Gasteiger partial charge on any atom is 0.246 e. The van der Waals surface area contributed by atoms with Crippen molar-refractivity contribution in [1.29, 1.82) is 0 Å². The van der Waals surface area contributed by atoms with Crippen LogP contribution >= 0.6 is 12.4 Å². The summed E-state index contributed by atoms with van der Waals surface area (Å²) < 4.78 is 0. The summed E-state index contributed by atoms with van der Waals surface area (Å²) in [6.45, 7) is 1.40. The van der Waals surface area contributed by atoms with Crippen LogP contribution in [0.1, 0.15) is 116 Å². The first-order valence-corrected chi connectivity index (χ1v) is 30.8. The molecule has 0 bridgehead atoms. The Morgan fingerprint density at radius 3 is 0.899 bits per heavy atom. The van der Waals surface area contributed by atoms with Gasteiger partial charge in [0, 0.05) is 93.5 Å². The van der Waals surface area contributed by atoms with Crippen LogP contribution in [0.15, 0.2) is 164 Å². The average Bonchev–Trinajstić information content (AvgIpc) is 3.01. The maximum atomic E-state index is 14.0. The number of carbonyl (C=O) groups is 6. The first-order valence-electron chi connectivity index (χ1n) is 30.8. The molecule has 3 atom stereocenters. The molecule has 0 aliphatic heterocycles. The summed E-state index contributed by atoms with van der Waals surface area (Å²) in [6, 6.07) is 44.1. The molecule has 6 amide bonds. The minimum absolute atomic E-state index is 0. The van der Waals surface area contributed by atoms with Gasteiger partial charge in [0.05, 0.1) is 0 Å². The van der Waals surface area contributed by atoms with Crippen molar-refractivity contribution in [2.24, 2.45) is 17.2 Å². The lowest BCUT2D eigenvalue weighted by Gasteiger charge is -2.22. The third kappa shape index (κ3) is 18.5. The Balaban J connectivity index is 0.0000102. The van der Waals surface area contributed by atoms with E-state index >= 15 is 0 Å². The maximum absolute atomic E-state index is 14.0. The minimum Gasteiger partial charge on any atom is -0.361 e. The number of rotatable bonds is 33. The summed E-state index contributed by atoms with van der Waals surface area (Å²) in [7, 11) is 0. The number of nitrogens with one attached hydrogen (secondary N) is 9. The lowest BCUT2D eigenvalue weighted by molar-refractivity contribution is -0.126. The number of aryl methyl sites for hydroxylation is 3. The van der Waals surface area contributed by atoms with Gasteiger partial charge in [-0.1, -0.05) is 91.0 Å². The summed E-state index contributed by atoms with van der Waals surface area (Å²) in [5, 5.41) is 21.3. The number of carbonyl (C=O) groups excluding carboxylic acids is 6. The standard InChI is InChI=1S/C70H82N12O6.ClH/c71-40-10-7-19-61(80-64(83)37-28-49-43-74-58-16-4-1-13-55(49)58)68(86)77-52-31-22-46(23-32-52)67(47-24-33-53(34-25-47)78-69(87)62(20-8-11-41-72)81-65(84)38-29-50-44-75-59-17-5-2-14-56(50)59)48-26-35-54(36-27-48)79-70(88)63(21-9-12-42-73)82-66(85)39-30-51-45-76-60-18-6-3-15-57(51)60;/h1-6,13-18,22-27,31-36,43-45,61-63,67,74-76H,7-12,19-21,28-30,37-42,71-73H2,(H,77,86)(H,78,87)(H,79,88)(H,80,83)(H,81,84)(H,82,85);1H/t61-,62-,63-;/m0./s1. The number of nitrogens with two attached hydrogens (primary N) is 3. The van der Waals surface area contributed by atoms with E-state index < -0.39 is 18.1 Å². The van der Waals surface area contributed by atoms with Crippen molar-refractivity contribution in [3.05, 3.63) is 198 Å². The molecule has 19 heteroatoms. The monoisotopic (exact) mass is 1220 g/mol. The van der Waals surface area contributed by atoms with E-state index in [-0.39, 0.29) is 73.0 Å². The summed E-state index contributed by atoms with van der Waals surface area (Å²) in [4.78, 5) is 92.0. The number of fused-ring (bicyclic) bond motifs is 3. The lowest BCUT2D eigenvalue weighted by Crippen LogP contribution is -2.44. The van der Waals surface area contributed by atoms with Crippen LogP contribution < -0.4 is 49.1 Å². The van der Waals surface area contributed by atoms with Gasteiger partial charge in [0.15, 0.2) is 0 Å². The van der Waals surface area contributed by atoms with Gasteiger partial charge in [0.1, 0.15) is 18.1 Å². The van der Waals surface area contributed by atoms with E-state index in [9.17, 15) is 28.8 Å². The molecule has 15 N–H and O–H groups in total. The van der Waals surface area contributed by atoms with E-state index in [1.54, 1.807) is 0 Å². The van der Waals surface area contributed by atoms with Crippen LogP contribution in [0, 0.1) is 0 Å². The van der Waals surface area contributed by atoms with Crippen molar-refractivity contribution in [3.8, 4) is 0 Å². The van der Waals surface area contributed by atoms with Gasteiger partial charge in [-0.2, -0.15) is 0 Å². The number of unbranched alkanes of at least 4 members (excludes halogenated alkanes) is 3. The van der Waals surface area contributed by atoms with Crippen molar-refractivity contribution in [3.63, 3.8) is 0 Å². The second-order valence-corrected chi connectivity index (χ2v) is 22.6. The molecule has 0 unspecified atom stereocenters. The lowest BCUT2D eigenvalue weighted by atomic mass is 9.85. The van der Waals surface area contributed by atoms with E-state index in [1.165, 1.54) is 0 Å².